The number of nitrogens with zero attached hydrogens (tertiary/aromatic N) is 4. The van der Waals surface area contributed by atoms with E-state index in [2.05, 4.69) is 15.3 Å². The van der Waals surface area contributed by atoms with Crippen molar-refractivity contribution in [2.24, 2.45) is 0 Å². The van der Waals surface area contributed by atoms with Gasteiger partial charge >= 0.3 is 0 Å². The second kappa shape index (κ2) is 1.98. The number of hydrogen-bond acceptors (Lipinski definition) is 4. The molecule has 57 valence electrons. The van der Waals surface area contributed by atoms with Crippen molar-refractivity contribution in [1.29, 1.82) is 0 Å². The normalized spacial score (nSPS) is 14.5. The summed E-state index contributed by atoms with van der Waals surface area (Å²) in [7, 11) is 1.92. The summed E-state index contributed by atoms with van der Waals surface area (Å²) in [5.41, 5.74) is 6.28. The molecule has 1 aromatic heterocycles. The molecule has 1 radical (unpaired) electrons. The highest BCUT2D eigenvalue weighted by Crippen LogP contribution is 2.30. The van der Waals surface area contributed by atoms with Crippen molar-refractivity contribution in [3.63, 3.8) is 0 Å². The molecule has 0 saturated heterocycles. The third-order valence-electron chi connectivity index (χ3n) is 1.63. The Balaban J connectivity index is 2.57. The Labute approximate surface area is 64.2 Å². The predicted molar refractivity (Wildman–Crippen MR) is 41.5 cm³/mol. The fraction of sp³-hybridized carbons (Fsp3) is 0.333. The van der Waals surface area contributed by atoms with Crippen molar-refractivity contribution < 1.29 is 0 Å². The van der Waals surface area contributed by atoms with Crippen molar-refractivity contribution in [3.8, 4) is 0 Å². The van der Waals surface area contributed by atoms with Gasteiger partial charge in [-0.2, -0.15) is 0 Å². The number of anilines is 2. The first-order chi connectivity index (χ1) is 5.29. The van der Waals surface area contributed by atoms with Gasteiger partial charge in [0, 0.05) is 7.05 Å². The van der Waals surface area contributed by atoms with E-state index >= 15 is 0 Å². The first kappa shape index (κ1) is 6.21. The topological polar surface area (TPSA) is 69.1 Å². The number of nitrogen functional groups attached to an aromatic ring is 1. The van der Waals surface area contributed by atoms with Crippen molar-refractivity contribution in [2.45, 2.75) is 0 Å². The Hall–Kier alpha value is -1.52. The number of fused-ring (bicyclic) bond motifs is 1. The minimum atomic E-state index is 0.458. The van der Waals surface area contributed by atoms with Crippen molar-refractivity contribution in [1.82, 2.24) is 15.3 Å². The van der Waals surface area contributed by atoms with E-state index in [1.165, 1.54) is 6.33 Å². The van der Waals surface area contributed by atoms with Crippen LogP contribution in [-0.2, 0) is 0 Å². The van der Waals surface area contributed by atoms with E-state index in [1.807, 2.05) is 11.9 Å². The van der Waals surface area contributed by atoms with Crippen molar-refractivity contribution in [2.75, 3.05) is 24.3 Å². The zero-order valence-electron chi connectivity index (χ0n) is 6.15. The largest absolute Gasteiger partial charge is 0.382 e. The van der Waals surface area contributed by atoms with Gasteiger partial charge in [0.2, 0.25) is 0 Å². The predicted octanol–water partition coefficient (Wildman–Crippen LogP) is -0.298. The van der Waals surface area contributed by atoms with Crippen LogP contribution in [0.3, 0.4) is 0 Å². The third kappa shape index (κ3) is 0.772. The maximum Gasteiger partial charge on any atom is 0.161 e. The lowest BCUT2D eigenvalue weighted by Gasteiger charge is -2.06. The summed E-state index contributed by atoms with van der Waals surface area (Å²) in [5, 5.41) is 4.16. The molecule has 2 N–H and O–H groups in total. The van der Waals surface area contributed by atoms with Crippen LogP contribution in [0.15, 0.2) is 6.33 Å². The smallest absolute Gasteiger partial charge is 0.161 e. The van der Waals surface area contributed by atoms with E-state index in [0.717, 1.165) is 11.5 Å². The summed E-state index contributed by atoms with van der Waals surface area (Å²) in [6.45, 7) is 0.623. The monoisotopic (exact) mass is 150 g/mol. The molecule has 0 unspecified atom stereocenters. The molecule has 2 rings (SSSR count). The first-order valence-electron chi connectivity index (χ1n) is 3.28. The molecule has 1 aliphatic rings. The lowest BCUT2D eigenvalue weighted by molar-refractivity contribution is 0.868. The van der Waals surface area contributed by atoms with Gasteiger partial charge in [0.25, 0.3) is 0 Å². The maximum absolute atomic E-state index is 5.56. The van der Waals surface area contributed by atoms with E-state index in [0.29, 0.717) is 12.5 Å². The highest BCUT2D eigenvalue weighted by atomic mass is 15.3. The fourth-order valence-corrected chi connectivity index (χ4v) is 1.06. The van der Waals surface area contributed by atoms with Crippen LogP contribution in [0.4, 0.5) is 17.3 Å². The van der Waals surface area contributed by atoms with Crippen LogP contribution in [0.1, 0.15) is 0 Å². The molecule has 0 aromatic carbocycles. The number of nitrogens with two attached hydrogens (primary N) is 1. The molecule has 0 bridgehead atoms. The van der Waals surface area contributed by atoms with Gasteiger partial charge in [-0.3, -0.25) is 5.32 Å². The molecule has 0 saturated carbocycles. The number of aromatic nitrogens is 2. The molecule has 0 atom stereocenters. The Morgan fingerprint density at radius 2 is 2.36 bits per heavy atom. The third-order valence-corrected chi connectivity index (χ3v) is 1.63. The van der Waals surface area contributed by atoms with Gasteiger partial charge < -0.3 is 10.6 Å². The first-order valence-corrected chi connectivity index (χ1v) is 3.28. The van der Waals surface area contributed by atoms with Crippen LogP contribution in [0.2, 0.25) is 0 Å². The van der Waals surface area contributed by atoms with Gasteiger partial charge in [-0.05, 0) is 0 Å². The molecular formula is C6H8N5. The molecule has 5 heteroatoms. The van der Waals surface area contributed by atoms with Gasteiger partial charge in [0.05, 0.1) is 0 Å². The molecule has 1 aliphatic heterocycles. The van der Waals surface area contributed by atoms with Gasteiger partial charge in [-0.15, -0.1) is 0 Å². The number of hydrogen-bond donors (Lipinski definition) is 1. The lowest BCUT2D eigenvalue weighted by Crippen LogP contribution is -2.16. The van der Waals surface area contributed by atoms with E-state index in [1.54, 1.807) is 0 Å². The highest BCUT2D eigenvalue weighted by Gasteiger charge is 2.20. The zero-order valence-corrected chi connectivity index (χ0v) is 6.15. The lowest BCUT2D eigenvalue weighted by atomic mass is 10.4. The summed E-state index contributed by atoms with van der Waals surface area (Å²) in [4.78, 5) is 9.80. The quantitative estimate of drug-likeness (QED) is 0.551. The second-order valence-corrected chi connectivity index (χ2v) is 2.43. The molecular weight excluding hydrogens is 142 g/mol. The molecule has 11 heavy (non-hydrogen) atoms. The van der Waals surface area contributed by atoms with Gasteiger partial charge in [0.15, 0.2) is 11.6 Å². The SMILES string of the molecule is CN1C[N]c2c(N)ncnc21. The average Bonchev–Trinajstić information content (AvgIpc) is 2.35. The Kier molecular flexibility index (Phi) is 1.12. The second-order valence-electron chi connectivity index (χ2n) is 2.43. The maximum atomic E-state index is 5.56. The fourth-order valence-electron chi connectivity index (χ4n) is 1.06. The van der Waals surface area contributed by atoms with Crippen LogP contribution >= 0.6 is 0 Å². The van der Waals surface area contributed by atoms with Crippen LogP contribution in [0.25, 0.3) is 0 Å². The standard InChI is InChI=1S/C6H8N5/c1-11-3-10-4-5(7)8-2-9-6(4)11/h2H,3H2,1H3,(H2,7,8,9). The number of rotatable bonds is 0. The Bertz CT molecular complexity index is 284. The van der Waals surface area contributed by atoms with E-state index in [-0.39, 0.29) is 0 Å². The molecule has 2 heterocycles. The van der Waals surface area contributed by atoms with E-state index in [9.17, 15) is 0 Å². The Morgan fingerprint density at radius 1 is 1.55 bits per heavy atom. The van der Waals surface area contributed by atoms with Crippen LogP contribution in [0, 0.1) is 0 Å². The molecule has 0 spiro atoms. The van der Waals surface area contributed by atoms with E-state index in [4.69, 9.17) is 5.73 Å². The van der Waals surface area contributed by atoms with Crippen molar-refractivity contribution in [3.05, 3.63) is 6.33 Å². The molecule has 1 aromatic rings. The average molecular weight is 150 g/mol. The highest BCUT2D eigenvalue weighted by molar-refractivity contribution is 5.74. The van der Waals surface area contributed by atoms with Gasteiger partial charge in [-0.25, -0.2) is 9.97 Å². The van der Waals surface area contributed by atoms with Gasteiger partial charge in [0.1, 0.15) is 18.7 Å². The minimum Gasteiger partial charge on any atom is -0.382 e. The summed E-state index contributed by atoms with van der Waals surface area (Å²) < 4.78 is 0. The molecule has 0 aliphatic carbocycles. The van der Waals surface area contributed by atoms with Crippen LogP contribution in [0.5, 0.6) is 0 Å². The summed E-state index contributed by atoms with van der Waals surface area (Å²) >= 11 is 0. The molecule has 0 amide bonds. The van der Waals surface area contributed by atoms with Crippen molar-refractivity contribution >= 4 is 17.3 Å². The van der Waals surface area contributed by atoms with Crippen LogP contribution < -0.4 is 16.0 Å². The van der Waals surface area contributed by atoms with Crippen LogP contribution in [-0.4, -0.2) is 23.7 Å². The van der Waals surface area contributed by atoms with Gasteiger partial charge in [-0.1, -0.05) is 0 Å². The minimum absolute atomic E-state index is 0.458. The molecule has 5 nitrogen and oxygen atoms in total. The summed E-state index contributed by atoms with van der Waals surface area (Å²) in [6, 6.07) is 0. The Morgan fingerprint density at radius 3 is 3.09 bits per heavy atom. The molecule has 0 fully saturated rings. The zero-order chi connectivity index (χ0) is 7.84. The van der Waals surface area contributed by atoms with E-state index < -0.39 is 0 Å². The summed E-state index contributed by atoms with van der Waals surface area (Å²) in [6.07, 6.45) is 1.45. The summed E-state index contributed by atoms with van der Waals surface area (Å²) in [5.74, 6) is 1.27.